The standard InChI is InChI=1S/C36H36FN2.C13H24O2.Ir/c1-23-16-27(25-14-12-24(13-15-25)21-35(2,3)4)19-31(37)34(23)33-20-32(38-22-39-33)28-17-26-10-8-9-11-29(26)30(18-28)36(5,6)7;1-5-10(6-2)12(14)9-13(15)11(7-3)8-4;/h8-16,18-20,22H,21H2,1-7H3;9-11,14H,5-8H2,1-4H3;/q-1;;/b;12-9-;. The van der Waals surface area contributed by atoms with Crippen LogP contribution in [0, 0.1) is 36.1 Å². The first-order valence-corrected chi connectivity index (χ1v) is 19.6. The molecule has 0 atom stereocenters. The molecule has 6 heteroatoms. The Morgan fingerprint density at radius 3 is 1.96 bits per heavy atom. The molecule has 0 spiro atoms. The molecule has 4 aromatic carbocycles. The number of hydrogen-bond acceptors (Lipinski definition) is 4. The van der Waals surface area contributed by atoms with E-state index in [4.69, 9.17) is 0 Å². The largest absolute Gasteiger partial charge is 0.512 e. The molecule has 0 aliphatic rings. The molecule has 5 aromatic rings. The van der Waals surface area contributed by atoms with Gasteiger partial charge in [-0.2, -0.15) is 0 Å². The predicted octanol–water partition coefficient (Wildman–Crippen LogP) is 13.6. The fourth-order valence-electron chi connectivity index (χ4n) is 7.07. The van der Waals surface area contributed by atoms with E-state index in [0.717, 1.165) is 65.4 Å². The van der Waals surface area contributed by atoms with Gasteiger partial charge in [-0.25, -0.2) is 9.37 Å². The molecule has 1 heterocycles. The van der Waals surface area contributed by atoms with Gasteiger partial charge in [0, 0.05) is 49.3 Å². The first-order valence-electron chi connectivity index (χ1n) is 19.6. The minimum absolute atomic E-state index is 0. The fraction of sp³-hybridized carbons (Fsp3) is 0.408. The summed E-state index contributed by atoms with van der Waals surface area (Å²) in [5.41, 5.74) is 8.08. The van der Waals surface area contributed by atoms with E-state index >= 15 is 4.39 Å². The Labute approximate surface area is 343 Å². The zero-order chi connectivity index (χ0) is 39.8. The summed E-state index contributed by atoms with van der Waals surface area (Å²) in [4.78, 5) is 20.7. The van der Waals surface area contributed by atoms with Crippen LogP contribution in [0.2, 0.25) is 0 Å². The summed E-state index contributed by atoms with van der Waals surface area (Å²) in [5.74, 6) is 0.261. The van der Waals surface area contributed by atoms with Crippen molar-refractivity contribution in [2.75, 3.05) is 0 Å². The summed E-state index contributed by atoms with van der Waals surface area (Å²) in [6.45, 7) is 23.3. The fourth-order valence-corrected chi connectivity index (χ4v) is 7.07. The first kappa shape index (κ1) is 45.4. The molecule has 0 aliphatic carbocycles. The number of halogens is 1. The summed E-state index contributed by atoms with van der Waals surface area (Å²) >= 11 is 0. The molecule has 0 amide bonds. The van der Waals surface area contributed by atoms with E-state index in [1.54, 1.807) is 6.07 Å². The van der Waals surface area contributed by atoms with Crippen LogP contribution < -0.4 is 0 Å². The van der Waals surface area contributed by atoms with Crippen molar-refractivity contribution in [3.8, 4) is 33.6 Å². The molecule has 0 unspecified atom stereocenters. The average Bonchev–Trinajstić information content (AvgIpc) is 3.11. The van der Waals surface area contributed by atoms with Crippen molar-refractivity contribution in [2.24, 2.45) is 17.3 Å². The van der Waals surface area contributed by atoms with Crippen molar-refractivity contribution in [3.05, 3.63) is 120 Å². The van der Waals surface area contributed by atoms with Crippen molar-refractivity contribution >= 4 is 16.6 Å². The van der Waals surface area contributed by atoms with Crippen LogP contribution in [-0.4, -0.2) is 20.9 Å². The van der Waals surface area contributed by atoms with E-state index in [9.17, 15) is 9.90 Å². The number of aryl methyl sites for hydroxylation is 1. The number of rotatable bonds is 11. The molecule has 1 N–H and O–H groups in total. The van der Waals surface area contributed by atoms with Crippen LogP contribution in [-0.2, 0) is 36.7 Å². The molecule has 55 heavy (non-hydrogen) atoms. The van der Waals surface area contributed by atoms with Crippen molar-refractivity contribution in [1.82, 2.24) is 9.97 Å². The van der Waals surface area contributed by atoms with Gasteiger partial charge in [0.25, 0.3) is 0 Å². The van der Waals surface area contributed by atoms with E-state index in [2.05, 4.69) is 106 Å². The number of benzene rings is 4. The smallest absolute Gasteiger partial charge is 0.162 e. The monoisotopic (exact) mass is 920 g/mol. The molecule has 1 radical (unpaired) electrons. The summed E-state index contributed by atoms with van der Waals surface area (Å²) < 4.78 is 15.7. The number of aliphatic hydroxyl groups is 1. The maximum Gasteiger partial charge on any atom is 0.162 e. The molecule has 5 rings (SSSR count). The molecule has 1 aromatic heterocycles. The van der Waals surface area contributed by atoms with E-state index < -0.39 is 0 Å². The number of aromatic nitrogens is 2. The average molecular weight is 920 g/mol. The van der Waals surface area contributed by atoms with Crippen LogP contribution in [0.15, 0.2) is 91.0 Å². The zero-order valence-electron chi connectivity index (χ0n) is 34.7. The molecule has 0 saturated carbocycles. The summed E-state index contributed by atoms with van der Waals surface area (Å²) in [6.07, 6.45) is 7.43. The third kappa shape index (κ3) is 12.0. The van der Waals surface area contributed by atoms with Crippen LogP contribution in [0.3, 0.4) is 0 Å². The van der Waals surface area contributed by atoms with Gasteiger partial charge in [-0.05, 0) is 84.2 Å². The second-order valence-electron chi connectivity index (χ2n) is 16.8. The Morgan fingerprint density at radius 1 is 0.800 bits per heavy atom. The van der Waals surface area contributed by atoms with Gasteiger partial charge in [0.15, 0.2) is 5.78 Å². The Kier molecular flexibility index (Phi) is 16.3. The Bertz CT molecular complexity index is 2040. The summed E-state index contributed by atoms with van der Waals surface area (Å²) in [7, 11) is 0. The van der Waals surface area contributed by atoms with Gasteiger partial charge in [-0.3, -0.25) is 9.78 Å². The van der Waals surface area contributed by atoms with Gasteiger partial charge in [0.05, 0.1) is 11.5 Å². The number of hydrogen-bond donors (Lipinski definition) is 1. The van der Waals surface area contributed by atoms with Gasteiger partial charge in [-0.15, -0.1) is 29.1 Å². The maximum absolute atomic E-state index is 15.7. The van der Waals surface area contributed by atoms with Crippen molar-refractivity contribution in [3.63, 3.8) is 0 Å². The molecule has 4 nitrogen and oxygen atoms in total. The number of carbonyl (C=O) groups excluding carboxylic acids is 1. The molecule has 0 fully saturated rings. The zero-order valence-corrected chi connectivity index (χ0v) is 37.1. The Hall–Kier alpha value is -3.99. The second-order valence-corrected chi connectivity index (χ2v) is 16.8. The van der Waals surface area contributed by atoms with Crippen LogP contribution in [0.25, 0.3) is 44.4 Å². The van der Waals surface area contributed by atoms with Gasteiger partial charge >= 0.3 is 0 Å². The number of nitrogens with zero attached hydrogens (tertiary/aromatic N) is 2. The number of allylic oxidation sites excluding steroid dienone is 2. The molecule has 0 saturated heterocycles. The second kappa shape index (κ2) is 19.7. The number of aliphatic hydroxyl groups excluding tert-OH is 1. The SMILES string of the molecule is CCC(CC)C(=O)/C=C(\O)C(CC)CC.Cc1cc(-c2ccc(CC(C)(C)C)cc2)cc(F)c1-c1cc(-c2[c-]c3ccccc3c(C(C)(C)C)c2)ncn1.[Ir]. The third-order valence-corrected chi connectivity index (χ3v) is 10.2. The van der Waals surface area contributed by atoms with E-state index in [1.165, 1.54) is 28.9 Å². The summed E-state index contributed by atoms with van der Waals surface area (Å²) in [5, 5.41) is 12.0. The van der Waals surface area contributed by atoms with Crippen LogP contribution >= 0.6 is 0 Å². The van der Waals surface area contributed by atoms with Gasteiger partial charge < -0.3 is 5.11 Å². The Balaban J connectivity index is 0.000000433. The third-order valence-electron chi connectivity index (χ3n) is 10.2. The van der Waals surface area contributed by atoms with E-state index in [-0.39, 0.29) is 60.1 Å². The van der Waals surface area contributed by atoms with Crippen molar-refractivity contribution in [1.29, 1.82) is 0 Å². The van der Waals surface area contributed by atoms with Crippen molar-refractivity contribution in [2.45, 2.75) is 114 Å². The van der Waals surface area contributed by atoms with E-state index in [1.807, 2.05) is 52.8 Å². The maximum atomic E-state index is 15.7. The number of carbonyl (C=O) groups is 1. The van der Waals surface area contributed by atoms with Crippen LogP contribution in [0.1, 0.15) is 112 Å². The Morgan fingerprint density at radius 2 is 1.40 bits per heavy atom. The molecular weight excluding hydrogens is 860 g/mol. The summed E-state index contributed by atoms with van der Waals surface area (Å²) in [6, 6.07) is 28.0. The molecule has 0 aliphatic heterocycles. The number of ketones is 1. The van der Waals surface area contributed by atoms with Gasteiger partial charge in [0.1, 0.15) is 12.1 Å². The van der Waals surface area contributed by atoms with E-state index in [0.29, 0.717) is 11.3 Å². The molecular formula is C49H60FIrN2O2-. The predicted molar refractivity (Wildman–Crippen MR) is 225 cm³/mol. The molecule has 295 valence electrons. The van der Waals surface area contributed by atoms with Crippen molar-refractivity contribution < 1.29 is 34.4 Å². The van der Waals surface area contributed by atoms with Crippen LogP contribution in [0.5, 0.6) is 0 Å². The number of fused-ring (bicyclic) bond motifs is 1. The first-order chi connectivity index (χ1) is 25.5. The quantitative estimate of drug-likeness (QED) is 0.0814. The normalized spacial score (nSPS) is 12.1. The molecule has 0 bridgehead atoms. The minimum Gasteiger partial charge on any atom is -0.512 e. The topological polar surface area (TPSA) is 63.1 Å². The minimum atomic E-state index is -0.286. The van der Waals surface area contributed by atoms with Gasteiger partial charge in [-0.1, -0.05) is 129 Å². The van der Waals surface area contributed by atoms with Gasteiger partial charge in [0.2, 0.25) is 0 Å². The van der Waals surface area contributed by atoms with Crippen LogP contribution in [0.4, 0.5) is 4.39 Å².